The fraction of sp³-hybridized carbons (Fsp3) is 0.400. The molecule has 1 unspecified atom stereocenters. The minimum absolute atomic E-state index is 0.143. The predicted octanol–water partition coefficient (Wildman–Crippen LogP) is 2.17. The third-order valence-electron chi connectivity index (χ3n) is 2.18. The van der Waals surface area contributed by atoms with Gasteiger partial charge in [0.15, 0.2) is 0 Å². The summed E-state index contributed by atoms with van der Waals surface area (Å²) in [7, 11) is 2.72. The Hall–Kier alpha value is -0.390. The molecule has 0 aromatic heterocycles. The van der Waals surface area contributed by atoms with Gasteiger partial charge in [0.05, 0.1) is 6.61 Å². The lowest BCUT2D eigenvalue weighted by atomic mass is 10.0. The Morgan fingerprint density at radius 3 is 2.17 bits per heavy atom. The van der Waals surface area contributed by atoms with E-state index >= 15 is 0 Å². The highest BCUT2D eigenvalue weighted by Gasteiger charge is 2.01. The van der Waals surface area contributed by atoms with Crippen molar-refractivity contribution in [3.8, 4) is 0 Å². The molecule has 0 amide bonds. The van der Waals surface area contributed by atoms with Crippen LogP contribution in [-0.2, 0) is 12.8 Å². The van der Waals surface area contributed by atoms with Crippen molar-refractivity contribution >= 4 is 9.24 Å². The molecular formula is C10H15OP. The Balaban J connectivity index is 3.16. The summed E-state index contributed by atoms with van der Waals surface area (Å²) in [6.07, 6.45) is 0.985. The van der Waals surface area contributed by atoms with E-state index in [4.69, 9.17) is 5.11 Å². The SMILES string of the molecule is Cc1cc(CP)c(C)cc1CO. The molecule has 1 aromatic carbocycles. The molecule has 0 heterocycles. The van der Waals surface area contributed by atoms with Crippen molar-refractivity contribution in [3.05, 3.63) is 34.4 Å². The average molecular weight is 182 g/mol. The Morgan fingerprint density at radius 2 is 1.67 bits per heavy atom. The first kappa shape index (κ1) is 9.70. The summed E-state index contributed by atoms with van der Waals surface area (Å²) >= 11 is 0. The van der Waals surface area contributed by atoms with E-state index in [1.165, 1.54) is 16.7 Å². The van der Waals surface area contributed by atoms with Crippen LogP contribution in [0.1, 0.15) is 22.3 Å². The maximum Gasteiger partial charge on any atom is 0.0684 e. The third kappa shape index (κ3) is 1.85. The minimum atomic E-state index is 0.143. The summed E-state index contributed by atoms with van der Waals surface area (Å²) in [6, 6.07) is 4.21. The Kier molecular flexibility index (Phi) is 3.25. The van der Waals surface area contributed by atoms with Crippen LogP contribution in [0.3, 0.4) is 0 Å². The zero-order chi connectivity index (χ0) is 9.14. The van der Waals surface area contributed by atoms with E-state index < -0.39 is 0 Å². The lowest BCUT2D eigenvalue weighted by Crippen LogP contribution is -1.93. The van der Waals surface area contributed by atoms with Gasteiger partial charge in [-0.05, 0) is 42.3 Å². The van der Waals surface area contributed by atoms with Gasteiger partial charge in [-0.25, -0.2) is 0 Å². The molecule has 1 rings (SSSR count). The van der Waals surface area contributed by atoms with E-state index in [0.29, 0.717) is 0 Å². The summed E-state index contributed by atoms with van der Waals surface area (Å²) in [5.74, 6) is 0. The van der Waals surface area contributed by atoms with Gasteiger partial charge in [-0.1, -0.05) is 12.1 Å². The number of rotatable bonds is 2. The van der Waals surface area contributed by atoms with E-state index in [9.17, 15) is 0 Å². The summed E-state index contributed by atoms with van der Waals surface area (Å²) in [5, 5.41) is 9.00. The lowest BCUT2D eigenvalue weighted by Gasteiger charge is -2.08. The molecule has 0 radical (unpaired) electrons. The molecule has 66 valence electrons. The number of aryl methyl sites for hydroxylation is 2. The molecule has 2 heteroatoms. The van der Waals surface area contributed by atoms with Crippen molar-refractivity contribution in [2.75, 3.05) is 0 Å². The topological polar surface area (TPSA) is 20.2 Å². The van der Waals surface area contributed by atoms with Crippen molar-refractivity contribution in [3.63, 3.8) is 0 Å². The molecule has 1 atom stereocenters. The molecule has 0 spiro atoms. The molecule has 1 nitrogen and oxygen atoms in total. The van der Waals surface area contributed by atoms with Crippen LogP contribution in [0.4, 0.5) is 0 Å². The van der Waals surface area contributed by atoms with Crippen LogP contribution >= 0.6 is 9.24 Å². The van der Waals surface area contributed by atoms with Gasteiger partial charge >= 0.3 is 0 Å². The van der Waals surface area contributed by atoms with Crippen LogP contribution in [0.15, 0.2) is 12.1 Å². The van der Waals surface area contributed by atoms with E-state index in [1.807, 2.05) is 6.92 Å². The van der Waals surface area contributed by atoms with Gasteiger partial charge in [-0.3, -0.25) is 0 Å². The lowest BCUT2D eigenvalue weighted by molar-refractivity contribution is 0.281. The maximum absolute atomic E-state index is 9.00. The van der Waals surface area contributed by atoms with Crippen molar-refractivity contribution in [2.45, 2.75) is 26.6 Å². The molecule has 0 saturated carbocycles. The van der Waals surface area contributed by atoms with Gasteiger partial charge in [0.2, 0.25) is 0 Å². The summed E-state index contributed by atoms with van der Waals surface area (Å²) in [6.45, 7) is 4.26. The van der Waals surface area contributed by atoms with Crippen LogP contribution in [0.2, 0.25) is 0 Å². The normalized spacial score (nSPS) is 10.3. The fourth-order valence-corrected chi connectivity index (χ4v) is 1.77. The van der Waals surface area contributed by atoms with Crippen LogP contribution in [-0.4, -0.2) is 5.11 Å². The zero-order valence-electron chi connectivity index (χ0n) is 7.59. The van der Waals surface area contributed by atoms with Gasteiger partial charge in [0.1, 0.15) is 0 Å². The second kappa shape index (κ2) is 4.02. The third-order valence-corrected chi connectivity index (χ3v) is 2.62. The van der Waals surface area contributed by atoms with Crippen LogP contribution < -0.4 is 0 Å². The average Bonchev–Trinajstić information content (AvgIpc) is 2.08. The standard InChI is InChI=1S/C10H15OP/c1-7-4-10(6-12)8(2)3-9(7)5-11/h3-4,11H,5-6,12H2,1-2H3. The largest absolute Gasteiger partial charge is 0.392 e. The molecule has 0 aliphatic heterocycles. The second-order valence-corrected chi connectivity index (χ2v) is 3.48. The number of hydrogen-bond acceptors (Lipinski definition) is 1. The highest BCUT2D eigenvalue weighted by atomic mass is 31.0. The second-order valence-electron chi connectivity index (χ2n) is 3.07. The smallest absolute Gasteiger partial charge is 0.0684 e. The molecule has 1 aromatic rings. The Morgan fingerprint density at radius 1 is 1.17 bits per heavy atom. The van der Waals surface area contributed by atoms with E-state index in [2.05, 4.69) is 28.3 Å². The van der Waals surface area contributed by atoms with Crippen molar-refractivity contribution < 1.29 is 5.11 Å². The van der Waals surface area contributed by atoms with Gasteiger partial charge in [-0.2, -0.15) is 0 Å². The van der Waals surface area contributed by atoms with E-state index in [-0.39, 0.29) is 6.61 Å². The van der Waals surface area contributed by atoms with Gasteiger partial charge in [-0.15, -0.1) is 9.24 Å². The van der Waals surface area contributed by atoms with Crippen LogP contribution in [0.5, 0.6) is 0 Å². The molecule has 1 N–H and O–H groups in total. The van der Waals surface area contributed by atoms with Crippen molar-refractivity contribution in [1.29, 1.82) is 0 Å². The van der Waals surface area contributed by atoms with Gasteiger partial charge in [0.25, 0.3) is 0 Å². The molecule has 0 aliphatic carbocycles. The minimum Gasteiger partial charge on any atom is -0.392 e. The molecule has 12 heavy (non-hydrogen) atoms. The fourth-order valence-electron chi connectivity index (χ4n) is 1.33. The monoisotopic (exact) mass is 182 g/mol. The van der Waals surface area contributed by atoms with Crippen molar-refractivity contribution in [2.24, 2.45) is 0 Å². The molecule has 0 saturated heterocycles. The first-order chi connectivity index (χ1) is 5.69. The summed E-state index contributed by atoms with van der Waals surface area (Å²) in [4.78, 5) is 0. The number of benzene rings is 1. The number of aliphatic hydroxyl groups is 1. The molecule has 0 aliphatic rings. The number of hydrogen-bond donors (Lipinski definition) is 1. The predicted molar refractivity (Wildman–Crippen MR) is 55.3 cm³/mol. The molecule has 0 fully saturated rings. The first-order valence-corrected chi connectivity index (χ1v) is 4.90. The first-order valence-electron chi connectivity index (χ1n) is 4.09. The molecule has 0 bridgehead atoms. The van der Waals surface area contributed by atoms with Crippen molar-refractivity contribution in [1.82, 2.24) is 0 Å². The molecular weight excluding hydrogens is 167 g/mol. The highest BCUT2D eigenvalue weighted by molar-refractivity contribution is 7.15. The van der Waals surface area contributed by atoms with Gasteiger partial charge < -0.3 is 5.11 Å². The number of aliphatic hydroxyl groups excluding tert-OH is 1. The quantitative estimate of drug-likeness (QED) is 0.695. The van der Waals surface area contributed by atoms with Crippen LogP contribution in [0.25, 0.3) is 0 Å². The highest BCUT2D eigenvalue weighted by Crippen LogP contribution is 2.18. The maximum atomic E-state index is 9.00. The Labute approximate surface area is 76.0 Å². The Bertz CT molecular complexity index is 252. The summed E-state index contributed by atoms with van der Waals surface area (Å²) in [5.41, 5.74) is 4.82. The van der Waals surface area contributed by atoms with Crippen LogP contribution in [0, 0.1) is 13.8 Å². The summed E-state index contributed by atoms with van der Waals surface area (Å²) < 4.78 is 0. The van der Waals surface area contributed by atoms with E-state index in [0.717, 1.165) is 11.7 Å². The van der Waals surface area contributed by atoms with E-state index in [1.54, 1.807) is 0 Å². The zero-order valence-corrected chi connectivity index (χ0v) is 8.75. The van der Waals surface area contributed by atoms with Gasteiger partial charge in [0, 0.05) is 0 Å².